The van der Waals surface area contributed by atoms with Crippen molar-refractivity contribution in [3.8, 4) is 0 Å². The lowest BCUT2D eigenvalue weighted by Crippen LogP contribution is -2.81. The Hall–Kier alpha value is -4.15. The largest absolute Gasteiger partial charge is 0.615 e. The summed E-state index contributed by atoms with van der Waals surface area (Å²) >= 11 is -1.70. The summed E-state index contributed by atoms with van der Waals surface area (Å²) in [6.07, 6.45) is -1.92. The molecule has 9 nitrogen and oxygen atoms in total. The molecule has 5 atom stereocenters. The van der Waals surface area contributed by atoms with Gasteiger partial charge < -0.3 is 19.3 Å². The number of ether oxygens (including phenoxy) is 2. The third kappa shape index (κ3) is 5.73. The maximum Gasteiger partial charge on any atom is 0.334 e. The second-order valence-electron chi connectivity index (χ2n) is 9.62. The maximum atomic E-state index is 13.8. The van der Waals surface area contributed by atoms with Gasteiger partial charge in [0.15, 0.2) is 24.3 Å². The van der Waals surface area contributed by atoms with Crippen LogP contribution >= 0.6 is 0 Å². The summed E-state index contributed by atoms with van der Waals surface area (Å²) in [5.74, 6) is -2.65. The molecule has 0 radical (unpaired) electrons. The number of hydrogen-bond donors (Lipinski definition) is 1. The van der Waals surface area contributed by atoms with Crippen molar-refractivity contribution in [3.63, 3.8) is 0 Å². The predicted octanol–water partition coefficient (Wildman–Crippen LogP) is 2.28. The molecule has 2 fully saturated rings. The molecule has 2 aliphatic heterocycles. The highest BCUT2D eigenvalue weighted by molar-refractivity contribution is 7.92. The summed E-state index contributed by atoms with van der Waals surface area (Å²) < 4.78 is 24.6. The Kier molecular flexibility index (Phi) is 8.18. The Morgan fingerprint density at radius 1 is 0.950 bits per heavy atom. The molecular formula is C30H28N2O7S. The number of benzene rings is 3. The molecule has 5 rings (SSSR count). The summed E-state index contributed by atoms with van der Waals surface area (Å²) in [6.45, 7) is 1.18. The second kappa shape index (κ2) is 11.9. The van der Waals surface area contributed by atoms with Crippen LogP contribution in [0.2, 0.25) is 0 Å². The van der Waals surface area contributed by atoms with Gasteiger partial charge in [-0.1, -0.05) is 91.0 Å². The van der Waals surface area contributed by atoms with Gasteiger partial charge in [-0.2, -0.15) is 0 Å². The molecule has 10 heteroatoms. The van der Waals surface area contributed by atoms with Gasteiger partial charge in [-0.3, -0.25) is 19.3 Å². The molecule has 3 aromatic carbocycles. The molecule has 0 saturated carbocycles. The highest BCUT2D eigenvalue weighted by Crippen LogP contribution is 2.37. The van der Waals surface area contributed by atoms with Crippen LogP contribution in [0.5, 0.6) is 0 Å². The lowest BCUT2D eigenvalue weighted by molar-refractivity contribution is -0.179. The van der Waals surface area contributed by atoms with Crippen LogP contribution in [0.25, 0.3) is 0 Å². The van der Waals surface area contributed by atoms with Gasteiger partial charge in [-0.05, 0) is 27.9 Å². The van der Waals surface area contributed by atoms with Gasteiger partial charge in [-0.25, -0.2) is 4.79 Å². The van der Waals surface area contributed by atoms with Gasteiger partial charge >= 0.3 is 11.9 Å². The molecule has 2 amide bonds. The van der Waals surface area contributed by atoms with Crippen molar-refractivity contribution in [2.24, 2.45) is 0 Å². The Morgan fingerprint density at radius 2 is 1.50 bits per heavy atom. The van der Waals surface area contributed by atoms with E-state index in [1.807, 2.05) is 66.7 Å². The molecule has 206 valence electrons. The van der Waals surface area contributed by atoms with Crippen LogP contribution in [0.4, 0.5) is 0 Å². The van der Waals surface area contributed by atoms with Crippen molar-refractivity contribution in [2.75, 3.05) is 5.75 Å². The molecule has 0 aromatic heterocycles. The van der Waals surface area contributed by atoms with Crippen LogP contribution in [-0.4, -0.2) is 62.5 Å². The normalized spacial score (nSPS) is 23.5. The molecule has 0 bridgehead atoms. The highest BCUT2D eigenvalue weighted by Gasteiger charge is 2.65. The molecule has 0 spiro atoms. The van der Waals surface area contributed by atoms with Crippen molar-refractivity contribution < 1.29 is 33.2 Å². The first-order chi connectivity index (χ1) is 19.3. The highest BCUT2D eigenvalue weighted by atomic mass is 32.2. The van der Waals surface area contributed by atoms with E-state index in [-0.39, 0.29) is 12.2 Å². The molecule has 0 aliphatic carbocycles. The van der Waals surface area contributed by atoms with Gasteiger partial charge in [0.2, 0.25) is 11.3 Å². The Morgan fingerprint density at radius 3 is 2.05 bits per heavy atom. The molecule has 2 unspecified atom stereocenters. The molecular weight excluding hydrogens is 532 g/mol. The number of carbonyl (C=O) groups excluding carboxylic acids is 4. The third-order valence-electron chi connectivity index (χ3n) is 6.85. The minimum absolute atomic E-state index is 0.0430. The van der Waals surface area contributed by atoms with Gasteiger partial charge in [0, 0.05) is 6.92 Å². The number of fused-ring (bicyclic) bond motifs is 1. The minimum Gasteiger partial charge on any atom is -0.615 e. The number of esters is 2. The van der Waals surface area contributed by atoms with Crippen LogP contribution in [0.1, 0.15) is 29.7 Å². The summed E-state index contributed by atoms with van der Waals surface area (Å²) in [4.78, 5) is 52.8. The molecule has 40 heavy (non-hydrogen) atoms. The quantitative estimate of drug-likeness (QED) is 0.255. The fraction of sp³-hybridized carbons (Fsp3) is 0.267. The molecule has 2 aliphatic rings. The smallest absolute Gasteiger partial charge is 0.334 e. The third-order valence-corrected chi connectivity index (χ3v) is 8.55. The van der Waals surface area contributed by atoms with Gasteiger partial charge in [0.1, 0.15) is 5.75 Å². The first kappa shape index (κ1) is 27.4. The van der Waals surface area contributed by atoms with E-state index in [4.69, 9.17) is 9.47 Å². The summed E-state index contributed by atoms with van der Waals surface area (Å²) in [5.41, 5.74) is 2.18. The standard InChI is InChI=1S/C30H28N2O7S/c1-19(33)38-23-18-40(37)29-25(31-24(34)17-20-11-5-2-6-12-20)28(35)32(29)26(23)30(36)39-27(21-13-7-3-8-14-21)22-15-9-4-10-16-22/h2-16,23,25-27,29H,17-18H2,1H3,(H,31,34)/t23?,25-,26-,29-,40?/m1/s1. The fourth-order valence-corrected chi connectivity index (χ4v) is 6.82. The maximum absolute atomic E-state index is 13.8. The van der Waals surface area contributed by atoms with E-state index in [1.54, 1.807) is 24.3 Å². The second-order valence-corrected chi connectivity index (χ2v) is 11.2. The Balaban J connectivity index is 1.39. The van der Waals surface area contributed by atoms with E-state index in [1.165, 1.54) is 6.92 Å². The van der Waals surface area contributed by atoms with Crippen molar-refractivity contribution >= 4 is 34.9 Å². The predicted molar refractivity (Wildman–Crippen MR) is 146 cm³/mol. The van der Waals surface area contributed by atoms with Crippen molar-refractivity contribution in [1.29, 1.82) is 0 Å². The van der Waals surface area contributed by atoms with Crippen LogP contribution in [0, 0.1) is 0 Å². The number of nitrogens with zero attached hydrogens (tertiary/aromatic N) is 1. The van der Waals surface area contributed by atoms with Crippen molar-refractivity contribution in [1.82, 2.24) is 10.2 Å². The Labute approximate surface area is 234 Å². The van der Waals surface area contributed by atoms with Gasteiger partial charge in [0.25, 0.3) is 5.91 Å². The number of carbonyl (C=O) groups is 4. The number of hydrogen-bond acceptors (Lipinski definition) is 7. The van der Waals surface area contributed by atoms with Crippen LogP contribution in [0.3, 0.4) is 0 Å². The molecule has 2 saturated heterocycles. The zero-order valence-corrected chi connectivity index (χ0v) is 22.5. The number of rotatable bonds is 8. The lowest BCUT2D eigenvalue weighted by atomic mass is 9.98. The van der Waals surface area contributed by atoms with Crippen molar-refractivity contribution in [3.05, 3.63) is 108 Å². The van der Waals surface area contributed by atoms with Gasteiger partial charge in [0.05, 0.1) is 6.42 Å². The van der Waals surface area contributed by atoms with Crippen LogP contribution < -0.4 is 5.32 Å². The van der Waals surface area contributed by atoms with Gasteiger partial charge in [-0.15, -0.1) is 0 Å². The van der Waals surface area contributed by atoms with Crippen molar-refractivity contribution in [2.45, 2.75) is 43.0 Å². The first-order valence-electron chi connectivity index (χ1n) is 12.8. The lowest BCUT2D eigenvalue weighted by Gasteiger charge is -2.53. The van der Waals surface area contributed by atoms with E-state index in [2.05, 4.69) is 5.32 Å². The van der Waals surface area contributed by atoms with E-state index in [0.717, 1.165) is 10.5 Å². The fourth-order valence-electron chi connectivity index (χ4n) is 5.08. The topological polar surface area (TPSA) is 125 Å². The first-order valence-corrected chi connectivity index (χ1v) is 14.2. The summed E-state index contributed by atoms with van der Waals surface area (Å²) in [6, 6.07) is 24.9. The SMILES string of the molecule is CC(=O)OC1C[S+]([O-])[C@@H]2[C@H](NC(=O)Cc3ccccc3)C(=O)N2[C@H]1C(=O)OC(c1ccccc1)c1ccccc1. The minimum atomic E-state index is -1.70. The average molecular weight is 561 g/mol. The van der Waals surface area contributed by atoms with E-state index < -0.39 is 64.6 Å². The molecule has 2 heterocycles. The van der Waals surface area contributed by atoms with E-state index in [9.17, 15) is 23.7 Å². The zero-order chi connectivity index (χ0) is 28.2. The monoisotopic (exact) mass is 560 g/mol. The number of β-lactam (4-membered cyclic amide) rings is 1. The van der Waals surface area contributed by atoms with E-state index in [0.29, 0.717) is 11.1 Å². The summed E-state index contributed by atoms with van der Waals surface area (Å²) in [7, 11) is 0. The van der Waals surface area contributed by atoms with Crippen LogP contribution in [-0.2, 0) is 46.2 Å². The van der Waals surface area contributed by atoms with Crippen LogP contribution in [0.15, 0.2) is 91.0 Å². The summed E-state index contributed by atoms with van der Waals surface area (Å²) in [5, 5.41) is 1.71. The zero-order valence-electron chi connectivity index (χ0n) is 21.7. The molecule has 1 N–H and O–H groups in total. The number of amides is 2. The number of nitrogens with one attached hydrogen (secondary N) is 1. The Bertz CT molecular complexity index is 1330. The average Bonchev–Trinajstić information content (AvgIpc) is 2.95. The molecule has 3 aromatic rings. The van der Waals surface area contributed by atoms with E-state index >= 15 is 0 Å².